The molecule has 1 aliphatic heterocycles. The van der Waals surface area contributed by atoms with E-state index in [9.17, 15) is 9.90 Å². The molecule has 4 rings (SSSR count). The summed E-state index contributed by atoms with van der Waals surface area (Å²) in [4.78, 5) is 20.6. The number of carbonyl (C=O) groups excluding carboxylic acids is 1. The van der Waals surface area contributed by atoms with Crippen molar-refractivity contribution >= 4 is 23.1 Å². The van der Waals surface area contributed by atoms with Crippen LogP contribution < -0.4 is 0 Å². The van der Waals surface area contributed by atoms with Gasteiger partial charge in [0.2, 0.25) is 5.91 Å². The zero-order valence-electron chi connectivity index (χ0n) is 21.0. The third kappa shape index (κ3) is 6.61. The van der Waals surface area contributed by atoms with Crippen LogP contribution in [0.4, 0.5) is 0 Å². The molecule has 0 spiro atoms. The van der Waals surface area contributed by atoms with Crippen molar-refractivity contribution in [2.75, 3.05) is 33.7 Å². The molecule has 0 atom stereocenters. The van der Waals surface area contributed by atoms with Gasteiger partial charge in [-0.3, -0.25) is 9.78 Å². The normalized spacial score (nSPS) is 16.1. The minimum atomic E-state index is -0.789. The van der Waals surface area contributed by atoms with E-state index >= 15 is 0 Å². The van der Waals surface area contributed by atoms with Gasteiger partial charge in [-0.2, -0.15) is 0 Å². The molecule has 1 amide bonds. The first-order valence-corrected chi connectivity index (χ1v) is 12.8. The Morgan fingerprint density at radius 2 is 1.81 bits per heavy atom. The molecule has 0 radical (unpaired) electrons. The molecule has 0 bridgehead atoms. The molecule has 0 unspecified atom stereocenters. The van der Waals surface area contributed by atoms with Crippen molar-refractivity contribution in [2.45, 2.75) is 31.3 Å². The van der Waals surface area contributed by atoms with E-state index in [-0.39, 0.29) is 5.91 Å². The van der Waals surface area contributed by atoms with Crippen molar-refractivity contribution in [3.63, 3.8) is 0 Å². The standard InChI is InChI=1S/C30H34ClN3O2/c1-33(2)29(35)21-23-6-3-7-24(20-23)28(25-8-4-16-32-22-25)9-5-17-34-18-14-30(36,15-19-34)26-10-12-27(31)13-11-26/h3-4,6-13,16,20,22,36H,5,14-15,17-19,21H2,1-2H3/b28-9-. The molecule has 3 aromatic rings. The second kappa shape index (κ2) is 11.8. The first-order chi connectivity index (χ1) is 17.3. The Morgan fingerprint density at radius 1 is 1.08 bits per heavy atom. The number of pyridine rings is 1. The van der Waals surface area contributed by atoms with Crippen molar-refractivity contribution in [2.24, 2.45) is 0 Å². The van der Waals surface area contributed by atoms with Crippen LogP contribution in [-0.2, 0) is 16.8 Å². The fraction of sp³-hybridized carbons (Fsp3) is 0.333. The van der Waals surface area contributed by atoms with E-state index in [0.29, 0.717) is 24.3 Å². The van der Waals surface area contributed by atoms with E-state index in [0.717, 1.165) is 53.9 Å². The van der Waals surface area contributed by atoms with Crippen LogP contribution in [0.25, 0.3) is 5.57 Å². The number of likely N-dealkylation sites (tertiary alicyclic amines) is 1. The Balaban J connectivity index is 1.44. The summed E-state index contributed by atoms with van der Waals surface area (Å²) in [6, 6.07) is 19.8. The van der Waals surface area contributed by atoms with Gasteiger partial charge >= 0.3 is 0 Å². The highest BCUT2D eigenvalue weighted by Crippen LogP contribution is 2.33. The number of carbonyl (C=O) groups is 1. The predicted molar refractivity (Wildman–Crippen MR) is 146 cm³/mol. The number of hydrogen-bond donors (Lipinski definition) is 1. The number of aromatic nitrogens is 1. The molecule has 6 heteroatoms. The second-order valence-corrected chi connectivity index (χ2v) is 10.1. The van der Waals surface area contributed by atoms with Gasteiger partial charge in [0.25, 0.3) is 0 Å². The summed E-state index contributed by atoms with van der Waals surface area (Å²) in [5.41, 5.74) is 4.42. The number of piperidine rings is 1. The van der Waals surface area contributed by atoms with Gasteiger partial charge in [0, 0.05) is 56.7 Å². The summed E-state index contributed by atoms with van der Waals surface area (Å²) in [6.07, 6.45) is 8.60. The maximum Gasteiger partial charge on any atom is 0.226 e. The summed E-state index contributed by atoms with van der Waals surface area (Å²) in [6.45, 7) is 2.61. The van der Waals surface area contributed by atoms with Crippen molar-refractivity contribution in [3.05, 3.63) is 106 Å². The van der Waals surface area contributed by atoms with Gasteiger partial charge in [-0.25, -0.2) is 0 Å². The van der Waals surface area contributed by atoms with E-state index in [2.05, 4.69) is 34.2 Å². The van der Waals surface area contributed by atoms with Gasteiger partial charge in [-0.05, 0) is 59.7 Å². The van der Waals surface area contributed by atoms with Gasteiger partial charge in [0.05, 0.1) is 12.0 Å². The molecular weight excluding hydrogens is 470 g/mol. The van der Waals surface area contributed by atoms with Gasteiger partial charge in [0.1, 0.15) is 0 Å². The number of aliphatic hydroxyl groups is 1. The summed E-state index contributed by atoms with van der Waals surface area (Å²) in [7, 11) is 3.56. The Hall–Kier alpha value is -2.99. The predicted octanol–water partition coefficient (Wildman–Crippen LogP) is 5.17. The van der Waals surface area contributed by atoms with E-state index in [1.807, 2.05) is 48.7 Å². The molecule has 0 saturated carbocycles. The molecule has 36 heavy (non-hydrogen) atoms. The number of likely N-dealkylation sites (N-methyl/N-ethyl adjacent to an activating group) is 1. The summed E-state index contributed by atoms with van der Waals surface area (Å²) in [5, 5.41) is 11.9. The fourth-order valence-corrected chi connectivity index (χ4v) is 4.82. The Kier molecular flexibility index (Phi) is 8.57. The monoisotopic (exact) mass is 503 g/mol. The maximum absolute atomic E-state index is 12.2. The highest BCUT2D eigenvalue weighted by atomic mass is 35.5. The molecule has 1 N–H and O–H groups in total. The Bertz CT molecular complexity index is 1180. The van der Waals surface area contributed by atoms with Crippen LogP contribution >= 0.6 is 11.6 Å². The first-order valence-electron chi connectivity index (χ1n) is 12.4. The summed E-state index contributed by atoms with van der Waals surface area (Å²) >= 11 is 6.02. The minimum absolute atomic E-state index is 0.0858. The number of amides is 1. The zero-order valence-corrected chi connectivity index (χ0v) is 21.8. The largest absolute Gasteiger partial charge is 0.385 e. The van der Waals surface area contributed by atoms with Gasteiger partial charge in [-0.15, -0.1) is 0 Å². The lowest BCUT2D eigenvalue weighted by molar-refractivity contribution is -0.127. The second-order valence-electron chi connectivity index (χ2n) is 9.69. The molecule has 2 heterocycles. The van der Waals surface area contributed by atoms with Crippen molar-refractivity contribution in [1.29, 1.82) is 0 Å². The van der Waals surface area contributed by atoms with E-state index in [1.165, 1.54) is 0 Å². The average Bonchev–Trinajstić information content (AvgIpc) is 2.89. The molecule has 188 valence electrons. The molecule has 1 fully saturated rings. The van der Waals surface area contributed by atoms with Crippen molar-refractivity contribution in [1.82, 2.24) is 14.8 Å². The van der Waals surface area contributed by atoms with Crippen LogP contribution in [0.2, 0.25) is 5.02 Å². The first kappa shape index (κ1) is 26.1. The van der Waals surface area contributed by atoms with E-state index < -0.39 is 5.60 Å². The Labute approximate surface area is 219 Å². The van der Waals surface area contributed by atoms with Crippen LogP contribution in [0, 0.1) is 0 Å². The lowest BCUT2D eigenvalue weighted by Crippen LogP contribution is -2.42. The maximum atomic E-state index is 12.2. The lowest BCUT2D eigenvalue weighted by atomic mass is 9.84. The van der Waals surface area contributed by atoms with Crippen LogP contribution in [0.5, 0.6) is 0 Å². The third-order valence-electron chi connectivity index (χ3n) is 6.92. The number of hydrogen-bond acceptors (Lipinski definition) is 4. The van der Waals surface area contributed by atoms with Crippen molar-refractivity contribution < 1.29 is 9.90 Å². The van der Waals surface area contributed by atoms with Gasteiger partial charge < -0.3 is 14.9 Å². The number of rotatable bonds is 8. The van der Waals surface area contributed by atoms with E-state index in [4.69, 9.17) is 11.6 Å². The zero-order chi connectivity index (χ0) is 25.5. The minimum Gasteiger partial charge on any atom is -0.385 e. The van der Waals surface area contributed by atoms with Crippen LogP contribution in [0.1, 0.15) is 41.5 Å². The van der Waals surface area contributed by atoms with Crippen LogP contribution in [0.15, 0.2) is 79.1 Å². The fourth-order valence-electron chi connectivity index (χ4n) is 4.69. The molecule has 0 aliphatic carbocycles. The molecular formula is C30H34ClN3O2. The lowest BCUT2D eigenvalue weighted by Gasteiger charge is -2.38. The topological polar surface area (TPSA) is 56.7 Å². The van der Waals surface area contributed by atoms with Crippen LogP contribution in [-0.4, -0.2) is 59.5 Å². The molecule has 5 nitrogen and oxygen atoms in total. The molecule has 1 aromatic heterocycles. The average molecular weight is 504 g/mol. The highest BCUT2D eigenvalue weighted by Gasteiger charge is 2.33. The summed E-state index contributed by atoms with van der Waals surface area (Å²) in [5.74, 6) is 0.0858. The van der Waals surface area contributed by atoms with E-state index in [1.54, 1.807) is 25.2 Å². The number of nitrogens with zero attached hydrogens (tertiary/aromatic N) is 3. The molecule has 2 aromatic carbocycles. The molecule has 1 aliphatic rings. The third-order valence-corrected chi connectivity index (χ3v) is 7.18. The van der Waals surface area contributed by atoms with Crippen LogP contribution in [0.3, 0.4) is 0 Å². The highest BCUT2D eigenvalue weighted by molar-refractivity contribution is 6.30. The number of halogens is 1. The smallest absolute Gasteiger partial charge is 0.226 e. The van der Waals surface area contributed by atoms with Gasteiger partial charge in [-0.1, -0.05) is 60.1 Å². The SMILES string of the molecule is CN(C)C(=O)Cc1cccc(/C(=C/CCN2CCC(O)(c3ccc(Cl)cc3)CC2)c2cccnc2)c1. The quantitative estimate of drug-likeness (QED) is 0.460. The molecule has 1 saturated heterocycles. The number of benzene rings is 2. The van der Waals surface area contributed by atoms with Gasteiger partial charge in [0.15, 0.2) is 0 Å². The Morgan fingerprint density at radius 3 is 2.47 bits per heavy atom. The summed E-state index contributed by atoms with van der Waals surface area (Å²) < 4.78 is 0. The van der Waals surface area contributed by atoms with Crippen molar-refractivity contribution in [3.8, 4) is 0 Å².